The highest BCUT2D eigenvalue weighted by Gasteiger charge is 2.30. The summed E-state index contributed by atoms with van der Waals surface area (Å²) in [4.78, 5) is 72.9. The van der Waals surface area contributed by atoms with Crippen molar-refractivity contribution in [3.05, 3.63) is 24.3 Å². The zero-order chi connectivity index (χ0) is 71.6. The number of aliphatic hydroxyl groups excluding tert-OH is 1. The minimum atomic E-state index is -4.96. The van der Waals surface area contributed by atoms with Crippen LogP contribution in [0.5, 0.6) is 0 Å². The molecule has 19 heteroatoms. The molecule has 0 fully saturated rings. The van der Waals surface area contributed by atoms with E-state index in [-0.39, 0.29) is 25.7 Å². The molecule has 17 nitrogen and oxygen atoms in total. The number of hydrogen-bond donors (Lipinski definition) is 3. The summed E-state index contributed by atoms with van der Waals surface area (Å²) in [6.07, 6.45) is 57.7. The molecule has 572 valence electrons. The molecule has 5 atom stereocenters. The molecule has 0 amide bonds. The smallest absolute Gasteiger partial charge is 0.462 e. The summed E-state index contributed by atoms with van der Waals surface area (Å²) in [6, 6.07) is 0. The van der Waals surface area contributed by atoms with E-state index in [0.717, 1.165) is 121 Å². The highest BCUT2D eigenvalue weighted by molar-refractivity contribution is 7.47. The molecule has 0 aliphatic rings. The molecule has 3 unspecified atom stereocenters. The average molecular weight is 1420 g/mol. The van der Waals surface area contributed by atoms with Crippen molar-refractivity contribution < 1.29 is 80.2 Å². The first-order chi connectivity index (χ1) is 46.7. The summed E-state index contributed by atoms with van der Waals surface area (Å²) >= 11 is 0. The van der Waals surface area contributed by atoms with E-state index in [4.69, 9.17) is 37.0 Å². The SMILES string of the molecule is CCCCCC/C=C\C=C/CCCCCCCC(=O)O[C@H](COC(=O)CCCCCCCCCC(C)C)COP(=O)(O)OCC(O)COP(=O)(O)OC[C@@H](COC(=O)CCCCCCCCCCCCCCCC(C)C)OC(=O)CCCCCCCCCCCCCCCC(C)C. The molecule has 0 bridgehead atoms. The number of carbonyl (C=O) groups excluding carboxylic acids is 4. The largest absolute Gasteiger partial charge is 0.472 e. The van der Waals surface area contributed by atoms with Gasteiger partial charge >= 0.3 is 39.5 Å². The molecule has 0 aromatic heterocycles. The van der Waals surface area contributed by atoms with Crippen LogP contribution in [0.15, 0.2) is 24.3 Å². The van der Waals surface area contributed by atoms with Crippen LogP contribution in [0.1, 0.15) is 376 Å². The zero-order valence-electron chi connectivity index (χ0n) is 63.0. The van der Waals surface area contributed by atoms with Gasteiger partial charge in [-0.2, -0.15) is 0 Å². The van der Waals surface area contributed by atoms with E-state index in [1.165, 1.54) is 167 Å². The molecular formula is C78H148O17P2. The molecule has 0 saturated heterocycles. The summed E-state index contributed by atoms with van der Waals surface area (Å²) in [7, 11) is -9.93. The maximum absolute atomic E-state index is 13.1. The Bertz CT molecular complexity index is 1980. The molecule has 0 rings (SSSR count). The highest BCUT2D eigenvalue weighted by Crippen LogP contribution is 2.45. The number of esters is 4. The number of phosphoric ester groups is 2. The Morgan fingerprint density at radius 1 is 0.320 bits per heavy atom. The number of aliphatic hydroxyl groups is 1. The molecule has 0 aliphatic carbocycles. The van der Waals surface area contributed by atoms with Crippen molar-refractivity contribution in [1.29, 1.82) is 0 Å². The molecule has 0 radical (unpaired) electrons. The van der Waals surface area contributed by atoms with E-state index in [9.17, 15) is 43.2 Å². The number of rotatable bonds is 74. The zero-order valence-corrected chi connectivity index (χ0v) is 64.8. The van der Waals surface area contributed by atoms with Crippen LogP contribution in [-0.2, 0) is 65.4 Å². The minimum absolute atomic E-state index is 0.0840. The molecule has 0 spiro atoms. The second-order valence-electron chi connectivity index (χ2n) is 28.8. The van der Waals surface area contributed by atoms with Crippen LogP contribution in [0.4, 0.5) is 0 Å². The Hall–Kier alpha value is -2.46. The van der Waals surface area contributed by atoms with Gasteiger partial charge in [0.2, 0.25) is 0 Å². The summed E-state index contributed by atoms with van der Waals surface area (Å²) in [5, 5.41) is 10.6. The van der Waals surface area contributed by atoms with E-state index in [1.807, 2.05) is 0 Å². The van der Waals surface area contributed by atoms with Gasteiger partial charge < -0.3 is 33.8 Å². The first-order valence-corrected chi connectivity index (χ1v) is 42.7. The van der Waals surface area contributed by atoms with Crippen molar-refractivity contribution in [2.45, 2.75) is 394 Å². The Morgan fingerprint density at radius 2 is 0.557 bits per heavy atom. The van der Waals surface area contributed by atoms with Crippen LogP contribution in [-0.4, -0.2) is 96.7 Å². The minimum Gasteiger partial charge on any atom is -0.462 e. The van der Waals surface area contributed by atoms with Crippen molar-refractivity contribution in [3.8, 4) is 0 Å². The Labute approximate surface area is 592 Å². The third-order valence-corrected chi connectivity index (χ3v) is 19.4. The Balaban J connectivity index is 5.29. The molecule has 0 aromatic rings. The molecule has 0 heterocycles. The number of allylic oxidation sites excluding steroid dienone is 4. The summed E-state index contributed by atoms with van der Waals surface area (Å²) in [6.45, 7) is 11.8. The van der Waals surface area contributed by atoms with E-state index in [1.54, 1.807) is 0 Å². The van der Waals surface area contributed by atoms with E-state index >= 15 is 0 Å². The van der Waals surface area contributed by atoms with Crippen molar-refractivity contribution in [2.75, 3.05) is 39.6 Å². The maximum atomic E-state index is 13.1. The normalized spacial score (nSPS) is 14.2. The van der Waals surface area contributed by atoms with Gasteiger partial charge in [0, 0.05) is 25.7 Å². The molecule has 3 N–H and O–H groups in total. The standard InChI is InChI=1S/C78H148O17P2/c1-8-9-10-11-12-13-14-15-16-21-27-32-39-47-54-61-78(83)95-74(66-89-76(81)60-53-46-41-34-37-44-51-58-71(6)7)68-93-97(86,87)91-64-72(79)63-90-96(84,85)92-67-73(94-77(82)62-55-48-40-33-28-23-18-20-25-30-36-43-50-57-70(4)5)65-88-75(80)59-52-45-38-31-26-22-17-19-24-29-35-42-49-56-69(2)3/h13-16,69-74,79H,8-12,17-68H2,1-7H3,(H,84,85)(H,86,87)/b14-13-,16-15-/t72?,73-,74-/m1/s1. The van der Waals surface area contributed by atoms with Crippen LogP contribution in [0, 0.1) is 17.8 Å². The third-order valence-electron chi connectivity index (χ3n) is 17.5. The van der Waals surface area contributed by atoms with Crippen molar-refractivity contribution in [2.24, 2.45) is 17.8 Å². The third kappa shape index (κ3) is 71.7. The van der Waals surface area contributed by atoms with Crippen molar-refractivity contribution >= 4 is 39.5 Å². The summed E-state index contributed by atoms with van der Waals surface area (Å²) in [5.41, 5.74) is 0. The second kappa shape index (κ2) is 68.0. The van der Waals surface area contributed by atoms with Gasteiger partial charge in [0.05, 0.1) is 26.4 Å². The molecule has 0 aliphatic heterocycles. The fraction of sp³-hybridized carbons (Fsp3) is 0.897. The lowest BCUT2D eigenvalue weighted by Gasteiger charge is -2.21. The predicted octanol–water partition coefficient (Wildman–Crippen LogP) is 22.5. The molecule has 0 saturated carbocycles. The predicted molar refractivity (Wildman–Crippen MR) is 395 cm³/mol. The van der Waals surface area contributed by atoms with E-state index in [0.29, 0.717) is 31.6 Å². The number of phosphoric acid groups is 2. The number of carbonyl (C=O) groups is 4. The van der Waals surface area contributed by atoms with Gasteiger partial charge in [-0.15, -0.1) is 0 Å². The van der Waals surface area contributed by atoms with Gasteiger partial charge in [0.1, 0.15) is 19.3 Å². The van der Waals surface area contributed by atoms with Crippen LogP contribution in [0.2, 0.25) is 0 Å². The van der Waals surface area contributed by atoms with Crippen LogP contribution in [0.25, 0.3) is 0 Å². The molecular weight excluding hydrogens is 1270 g/mol. The van der Waals surface area contributed by atoms with Crippen LogP contribution < -0.4 is 0 Å². The summed E-state index contributed by atoms with van der Waals surface area (Å²) in [5.74, 6) is 0.131. The van der Waals surface area contributed by atoms with Gasteiger partial charge in [0.15, 0.2) is 12.2 Å². The lowest BCUT2D eigenvalue weighted by Crippen LogP contribution is -2.30. The van der Waals surface area contributed by atoms with Gasteiger partial charge in [0.25, 0.3) is 0 Å². The molecule has 97 heavy (non-hydrogen) atoms. The van der Waals surface area contributed by atoms with Gasteiger partial charge in [-0.25, -0.2) is 9.13 Å². The fourth-order valence-electron chi connectivity index (χ4n) is 11.4. The first kappa shape index (κ1) is 94.5. The van der Waals surface area contributed by atoms with E-state index in [2.05, 4.69) is 72.8 Å². The summed E-state index contributed by atoms with van der Waals surface area (Å²) < 4.78 is 68.5. The van der Waals surface area contributed by atoms with Crippen molar-refractivity contribution in [3.63, 3.8) is 0 Å². The number of hydrogen-bond acceptors (Lipinski definition) is 15. The topological polar surface area (TPSA) is 237 Å². The van der Waals surface area contributed by atoms with Crippen LogP contribution >= 0.6 is 15.6 Å². The quantitative estimate of drug-likeness (QED) is 0.0169. The first-order valence-electron chi connectivity index (χ1n) is 39.7. The highest BCUT2D eigenvalue weighted by atomic mass is 31.2. The lowest BCUT2D eigenvalue weighted by atomic mass is 10.0. The Morgan fingerprint density at radius 3 is 0.835 bits per heavy atom. The number of unbranched alkanes of at least 4 members (excludes halogenated alkanes) is 39. The molecule has 0 aromatic carbocycles. The number of ether oxygens (including phenoxy) is 4. The van der Waals surface area contributed by atoms with Gasteiger partial charge in [-0.3, -0.25) is 37.3 Å². The average Bonchev–Trinajstić information content (AvgIpc) is 1.43. The monoisotopic (exact) mass is 1420 g/mol. The fourth-order valence-corrected chi connectivity index (χ4v) is 13.0. The lowest BCUT2D eigenvalue weighted by molar-refractivity contribution is -0.161. The maximum Gasteiger partial charge on any atom is 0.472 e. The Kier molecular flexibility index (Phi) is 66.3. The van der Waals surface area contributed by atoms with Crippen LogP contribution in [0.3, 0.4) is 0 Å². The second-order valence-corrected chi connectivity index (χ2v) is 31.7. The van der Waals surface area contributed by atoms with Gasteiger partial charge in [-0.05, 0) is 69.1 Å². The van der Waals surface area contributed by atoms with E-state index < -0.39 is 97.5 Å². The van der Waals surface area contributed by atoms with Crippen molar-refractivity contribution in [1.82, 2.24) is 0 Å². The van der Waals surface area contributed by atoms with Gasteiger partial charge in [-0.1, -0.05) is 323 Å².